The molecule has 1 aromatic carbocycles. The number of esters is 1. The highest BCUT2D eigenvalue weighted by atomic mass is 19.3. The Labute approximate surface area is 135 Å². The van der Waals surface area contributed by atoms with Gasteiger partial charge in [0.25, 0.3) is 12.3 Å². The van der Waals surface area contributed by atoms with Crippen LogP contribution in [-0.4, -0.2) is 38.0 Å². The Balaban J connectivity index is 2.21. The molecular weight excluding hydrogens is 327 g/mol. The van der Waals surface area contributed by atoms with Gasteiger partial charge in [0.1, 0.15) is 17.8 Å². The van der Waals surface area contributed by atoms with Crippen LogP contribution in [0.4, 0.5) is 18.9 Å². The van der Waals surface area contributed by atoms with Crippen LogP contribution in [0.15, 0.2) is 28.4 Å². The third kappa shape index (κ3) is 2.03. The first-order valence-corrected chi connectivity index (χ1v) is 7.29. The Morgan fingerprint density at radius 2 is 2.17 bits per heavy atom. The first-order chi connectivity index (χ1) is 11.3. The number of carbonyl (C=O) groups is 2. The lowest BCUT2D eigenvalue weighted by Gasteiger charge is -2.27. The minimum absolute atomic E-state index is 0.0416. The second-order valence-corrected chi connectivity index (χ2v) is 5.56. The maximum Gasteiger partial charge on any atom is 0.314 e. The number of fused-ring (bicyclic) bond motifs is 2. The number of hydrogen-bond acceptors (Lipinski definition) is 5. The molecule has 2 aliphatic rings. The number of rotatable bonds is 3. The van der Waals surface area contributed by atoms with Gasteiger partial charge in [0.15, 0.2) is 0 Å². The van der Waals surface area contributed by atoms with E-state index in [2.05, 4.69) is 10.2 Å². The molecule has 1 aromatic rings. The number of amides is 1. The van der Waals surface area contributed by atoms with E-state index in [9.17, 15) is 22.8 Å². The van der Waals surface area contributed by atoms with Crippen molar-refractivity contribution in [2.24, 2.45) is 16.1 Å². The second kappa shape index (κ2) is 5.57. The highest BCUT2D eigenvalue weighted by Crippen LogP contribution is 2.53. The number of azo groups is 1. The summed E-state index contributed by atoms with van der Waals surface area (Å²) < 4.78 is 45.3. The molecule has 24 heavy (non-hydrogen) atoms. The lowest BCUT2D eigenvalue weighted by atomic mass is 9.76. The number of carbonyl (C=O) groups excluding carboxylic acids is 2. The summed E-state index contributed by atoms with van der Waals surface area (Å²) in [6.07, 6.45) is -3.02. The molecule has 2 aliphatic heterocycles. The van der Waals surface area contributed by atoms with E-state index in [0.717, 1.165) is 17.0 Å². The van der Waals surface area contributed by atoms with E-state index in [1.54, 1.807) is 0 Å². The molecular formula is C15H14F3N3O3. The summed E-state index contributed by atoms with van der Waals surface area (Å²) >= 11 is 0. The van der Waals surface area contributed by atoms with Crippen LogP contribution in [0.1, 0.15) is 12.5 Å². The maximum absolute atomic E-state index is 13.7. The molecule has 0 saturated heterocycles. The Morgan fingerprint density at radius 1 is 1.46 bits per heavy atom. The zero-order valence-electron chi connectivity index (χ0n) is 12.9. The monoisotopic (exact) mass is 341 g/mol. The topological polar surface area (TPSA) is 71.3 Å². The summed E-state index contributed by atoms with van der Waals surface area (Å²) in [7, 11) is 1.40. The second-order valence-electron chi connectivity index (χ2n) is 5.56. The van der Waals surface area contributed by atoms with Crippen LogP contribution in [0.2, 0.25) is 0 Å². The molecule has 128 valence electrons. The van der Waals surface area contributed by atoms with Crippen LogP contribution in [0.5, 0.6) is 0 Å². The zero-order valence-corrected chi connectivity index (χ0v) is 12.9. The number of nitrogens with zero attached hydrogens (tertiary/aromatic N) is 3. The molecule has 1 spiro atoms. The van der Waals surface area contributed by atoms with Crippen molar-refractivity contribution in [1.29, 1.82) is 0 Å². The number of likely N-dealkylation sites (N-methyl/N-ethyl adjacent to an activating group) is 1. The standard InChI is InChI=1S/C15H14F3N3O3/c1-3-24-13(22)10-11(12(17)18)19-20-15(10)8-6-7(16)4-5-9(8)21(2)14(15)23/h4-6,10-12H,3H2,1-2H3. The predicted molar refractivity (Wildman–Crippen MR) is 76.3 cm³/mol. The summed E-state index contributed by atoms with van der Waals surface area (Å²) in [5, 5.41) is 7.23. The molecule has 3 unspecified atom stereocenters. The normalized spacial score (nSPS) is 28.1. The highest BCUT2D eigenvalue weighted by molar-refractivity contribution is 6.10. The van der Waals surface area contributed by atoms with Crippen LogP contribution in [0.3, 0.4) is 0 Å². The van der Waals surface area contributed by atoms with Crippen molar-refractivity contribution in [3.05, 3.63) is 29.6 Å². The van der Waals surface area contributed by atoms with Gasteiger partial charge >= 0.3 is 5.97 Å². The number of alkyl halides is 2. The van der Waals surface area contributed by atoms with E-state index in [0.29, 0.717) is 5.69 Å². The van der Waals surface area contributed by atoms with Crippen LogP contribution in [-0.2, 0) is 19.9 Å². The molecule has 0 fully saturated rings. The van der Waals surface area contributed by atoms with Gasteiger partial charge in [-0.1, -0.05) is 0 Å². The number of benzene rings is 1. The lowest BCUT2D eigenvalue weighted by molar-refractivity contribution is -0.154. The number of ether oxygens (including phenoxy) is 1. The molecule has 0 aliphatic carbocycles. The first kappa shape index (κ1) is 16.4. The van der Waals surface area contributed by atoms with Gasteiger partial charge in [-0.05, 0) is 25.1 Å². The smallest absolute Gasteiger partial charge is 0.314 e. The minimum atomic E-state index is -3.02. The van der Waals surface area contributed by atoms with Gasteiger partial charge in [-0.2, -0.15) is 10.2 Å². The first-order valence-electron chi connectivity index (χ1n) is 7.29. The summed E-state index contributed by atoms with van der Waals surface area (Å²) in [5.74, 6) is -4.04. The molecule has 0 radical (unpaired) electrons. The van der Waals surface area contributed by atoms with Gasteiger partial charge < -0.3 is 9.64 Å². The van der Waals surface area contributed by atoms with Crippen molar-refractivity contribution in [3.63, 3.8) is 0 Å². The Morgan fingerprint density at radius 3 is 2.79 bits per heavy atom. The summed E-state index contributed by atoms with van der Waals surface area (Å²) in [5.41, 5.74) is -1.68. The fraction of sp³-hybridized carbons (Fsp3) is 0.467. The van der Waals surface area contributed by atoms with Crippen LogP contribution in [0.25, 0.3) is 0 Å². The van der Waals surface area contributed by atoms with Gasteiger partial charge in [0, 0.05) is 18.3 Å². The maximum atomic E-state index is 13.7. The van der Waals surface area contributed by atoms with E-state index in [1.165, 1.54) is 20.0 Å². The molecule has 6 nitrogen and oxygen atoms in total. The third-order valence-corrected chi connectivity index (χ3v) is 4.30. The minimum Gasteiger partial charge on any atom is -0.466 e. The summed E-state index contributed by atoms with van der Waals surface area (Å²) in [6.45, 7) is 1.46. The number of hydrogen-bond donors (Lipinski definition) is 0. The molecule has 0 N–H and O–H groups in total. The van der Waals surface area contributed by atoms with Crippen molar-refractivity contribution in [2.75, 3.05) is 18.6 Å². The molecule has 2 heterocycles. The van der Waals surface area contributed by atoms with Crippen molar-refractivity contribution in [3.8, 4) is 0 Å². The lowest BCUT2D eigenvalue weighted by Crippen LogP contribution is -2.49. The average molecular weight is 341 g/mol. The van der Waals surface area contributed by atoms with Crippen molar-refractivity contribution in [1.82, 2.24) is 0 Å². The molecule has 0 aromatic heterocycles. The Hall–Kier alpha value is -2.45. The van der Waals surface area contributed by atoms with E-state index in [-0.39, 0.29) is 12.2 Å². The van der Waals surface area contributed by atoms with Gasteiger partial charge in [-0.3, -0.25) is 9.59 Å². The van der Waals surface area contributed by atoms with Gasteiger partial charge in [0.05, 0.1) is 6.61 Å². The van der Waals surface area contributed by atoms with Crippen molar-refractivity contribution in [2.45, 2.75) is 24.9 Å². The molecule has 3 atom stereocenters. The van der Waals surface area contributed by atoms with E-state index >= 15 is 0 Å². The number of anilines is 1. The quantitative estimate of drug-likeness (QED) is 0.792. The zero-order chi connectivity index (χ0) is 17.6. The van der Waals surface area contributed by atoms with Crippen molar-refractivity contribution >= 4 is 17.6 Å². The van der Waals surface area contributed by atoms with E-state index < -0.39 is 41.6 Å². The molecule has 3 rings (SSSR count). The summed E-state index contributed by atoms with van der Waals surface area (Å²) in [4.78, 5) is 26.3. The van der Waals surface area contributed by atoms with Crippen LogP contribution in [0, 0.1) is 11.7 Å². The predicted octanol–water partition coefficient (Wildman–Crippen LogP) is 2.28. The Bertz CT molecular complexity index is 740. The SMILES string of the molecule is CCOC(=O)C1C(C(F)F)N=NC12C(=O)N(C)c1ccc(F)cc12. The van der Waals surface area contributed by atoms with Crippen molar-refractivity contribution < 1.29 is 27.5 Å². The van der Waals surface area contributed by atoms with E-state index in [4.69, 9.17) is 4.74 Å². The highest BCUT2D eigenvalue weighted by Gasteiger charge is 2.65. The molecule has 1 amide bonds. The fourth-order valence-electron chi connectivity index (χ4n) is 3.26. The van der Waals surface area contributed by atoms with E-state index in [1.807, 2.05) is 0 Å². The fourth-order valence-corrected chi connectivity index (χ4v) is 3.26. The van der Waals surface area contributed by atoms with Crippen LogP contribution >= 0.6 is 0 Å². The van der Waals surface area contributed by atoms with Crippen LogP contribution < -0.4 is 4.90 Å². The number of halogens is 3. The third-order valence-electron chi connectivity index (χ3n) is 4.30. The molecule has 0 bridgehead atoms. The van der Waals surface area contributed by atoms with Gasteiger partial charge in [-0.15, -0.1) is 0 Å². The summed E-state index contributed by atoms with van der Waals surface area (Å²) in [6, 6.07) is 1.67. The Kier molecular flexibility index (Phi) is 3.81. The molecule has 0 saturated carbocycles. The molecule has 9 heteroatoms. The largest absolute Gasteiger partial charge is 0.466 e. The van der Waals surface area contributed by atoms with Gasteiger partial charge in [0.2, 0.25) is 5.54 Å². The van der Waals surface area contributed by atoms with Gasteiger partial charge in [-0.25, -0.2) is 13.2 Å². The average Bonchev–Trinajstić information content (AvgIpc) is 3.02.